The molecule has 0 aliphatic heterocycles. The monoisotopic (exact) mass is 271 g/mol. The van der Waals surface area contributed by atoms with Crippen molar-refractivity contribution in [2.75, 3.05) is 6.61 Å². The first kappa shape index (κ1) is 18.4. The quantitative estimate of drug-likeness (QED) is 0.482. The Kier molecular flexibility index (Phi) is 13.4. The first-order chi connectivity index (χ1) is 9.22. The Bertz CT molecular complexity index is 207. The van der Waals surface area contributed by atoms with Crippen LogP contribution in [0.25, 0.3) is 0 Å². The van der Waals surface area contributed by atoms with Gasteiger partial charge in [0, 0.05) is 6.61 Å². The number of carbonyl (C=O) groups is 1. The smallest absolute Gasteiger partial charge is 0.246 e. The van der Waals surface area contributed by atoms with Gasteiger partial charge in [-0.3, -0.25) is 4.79 Å². The van der Waals surface area contributed by atoms with Gasteiger partial charge in [0.2, 0.25) is 5.91 Å². The van der Waals surface area contributed by atoms with E-state index in [0.717, 1.165) is 12.8 Å². The third kappa shape index (κ3) is 12.2. The van der Waals surface area contributed by atoms with Gasteiger partial charge in [-0.15, -0.1) is 0 Å². The molecule has 0 aliphatic rings. The predicted octanol–water partition coefficient (Wildman–Crippen LogP) is 4.19. The van der Waals surface area contributed by atoms with E-state index >= 15 is 0 Å². The minimum Gasteiger partial charge on any atom is -0.369 e. The van der Waals surface area contributed by atoms with Crippen molar-refractivity contribution in [1.82, 2.24) is 0 Å². The molecule has 0 fully saturated rings. The molecule has 0 aliphatic carbocycles. The van der Waals surface area contributed by atoms with E-state index in [1.807, 2.05) is 6.92 Å². The van der Waals surface area contributed by atoms with E-state index in [1.54, 1.807) is 0 Å². The number of hydrogen-bond donors (Lipinski definition) is 1. The topological polar surface area (TPSA) is 52.3 Å². The van der Waals surface area contributed by atoms with Gasteiger partial charge in [-0.1, -0.05) is 71.1 Å². The van der Waals surface area contributed by atoms with Gasteiger partial charge in [-0.05, 0) is 13.3 Å². The third-order valence-electron chi connectivity index (χ3n) is 3.51. The molecule has 0 aromatic heterocycles. The van der Waals surface area contributed by atoms with Crippen LogP contribution in [0.4, 0.5) is 0 Å². The van der Waals surface area contributed by atoms with Crippen molar-refractivity contribution < 1.29 is 9.53 Å². The van der Waals surface area contributed by atoms with Gasteiger partial charge < -0.3 is 10.5 Å². The summed E-state index contributed by atoms with van der Waals surface area (Å²) in [6.07, 6.45) is 13.4. The molecule has 2 N–H and O–H groups in total. The van der Waals surface area contributed by atoms with Crippen LogP contribution in [0.3, 0.4) is 0 Å². The molecule has 19 heavy (non-hydrogen) atoms. The number of carbonyl (C=O) groups excluding carboxylic acids is 1. The molecule has 0 aromatic rings. The number of nitrogens with two attached hydrogens (primary N) is 1. The SMILES string of the molecule is CCCCCCCCCCCCC(OCC)C(N)=O. The number of hydrogen-bond acceptors (Lipinski definition) is 2. The summed E-state index contributed by atoms with van der Waals surface area (Å²) >= 11 is 0. The first-order valence-corrected chi connectivity index (χ1v) is 8.13. The van der Waals surface area contributed by atoms with Gasteiger partial charge in [0.05, 0.1) is 0 Å². The highest BCUT2D eigenvalue weighted by atomic mass is 16.5. The zero-order valence-corrected chi connectivity index (χ0v) is 13.0. The zero-order chi connectivity index (χ0) is 14.3. The first-order valence-electron chi connectivity index (χ1n) is 8.13. The van der Waals surface area contributed by atoms with Crippen LogP contribution in [-0.4, -0.2) is 18.6 Å². The van der Waals surface area contributed by atoms with Gasteiger partial charge in [0.15, 0.2) is 0 Å². The highest BCUT2D eigenvalue weighted by Crippen LogP contribution is 2.12. The Hall–Kier alpha value is -0.570. The standard InChI is InChI=1S/C16H33NO2/c1-3-5-6-7-8-9-10-11-12-13-14-15(16(17)18)19-4-2/h15H,3-14H2,1-2H3,(H2,17,18). The van der Waals surface area contributed by atoms with Gasteiger partial charge in [-0.25, -0.2) is 0 Å². The number of primary amides is 1. The molecule has 1 unspecified atom stereocenters. The minimum atomic E-state index is -0.376. The summed E-state index contributed by atoms with van der Waals surface area (Å²) in [5, 5.41) is 0. The molecule has 1 atom stereocenters. The van der Waals surface area contributed by atoms with Crippen LogP contribution in [-0.2, 0) is 9.53 Å². The molecule has 0 bridgehead atoms. The van der Waals surface area contributed by atoms with E-state index in [9.17, 15) is 4.79 Å². The van der Waals surface area contributed by atoms with Gasteiger partial charge in [-0.2, -0.15) is 0 Å². The summed E-state index contributed by atoms with van der Waals surface area (Å²) in [7, 11) is 0. The normalized spacial score (nSPS) is 12.5. The lowest BCUT2D eigenvalue weighted by atomic mass is 10.0. The second-order valence-corrected chi connectivity index (χ2v) is 5.32. The summed E-state index contributed by atoms with van der Waals surface area (Å²) in [5.74, 6) is -0.322. The van der Waals surface area contributed by atoms with Gasteiger partial charge >= 0.3 is 0 Å². The molecule has 3 nitrogen and oxygen atoms in total. The molecule has 0 heterocycles. The van der Waals surface area contributed by atoms with Gasteiger partial charge in [0.25, 0.3) is 0 Å². The molecule has 0 saturated carbocycles. The van der Waals surface area contributed by atoms with E-state index in [4.69, 9.17) is 10.5 Å². The molecule has 0 spiro atoms. The fourth-order valence-corrected chi connectivity index (χ4v) is 2.33. The molecule has 1 amide bonds. The van der Waals surface area contributed by atoms with Crippen LogP contribution < -0.4 is 5.73 Å². The fourth-order valence-electron chi connectivity index (χ4n) is 2.33. The van der Waals surface area contributed by atoms with Crippen LogP contribution in [0.5, 0.6) is 0 Å². The number of amides is 1. The zero-order valence-electron chi connectivity index (χ0n) is 13.0. The Morgan fingerprint density at radius 2 is 1.37 bits per heavy atom. The summed E-state index contributed by atoms with van der Waals surface area (Å²) < 4.78 is 5.31. The number of rotatable bonds is 14. The number of unbranched alkanes of at least 4 members (excludes halogenated alkanes) is 9. The number of ether oxygens (including phenoxy) is 1. The maximum absolute atomic E-state index is 11.1. The summed E-state index contributed by atoms with van der Waals surface area (Å²) in [4.78, 5) is 11.1. The molecule has 0 aromatic carbocycles. The van der Waals surface area contributed by atoms with Crippen LogP contribution in [0.15, 0.2) is 0 Å². The predicted molar refractivity (Wildman–Crippen MR) is 81.1 cm³/mol. The van der Waals surface area contributed by atoms with Crippen LogP contribution in [0, 0.1) is 0 Å². The molecule has 0 rings (SSSR count). The van der Waals surface area contributed by atoms with Crippen molar-refractivity contribution in [2.24, 2.45) is 5.73 Å². The Labute approximate surface area is 119 Å². The molecule has 114 valence electrons. The van der Waals surface area contributed by atoms with Crippen molar-refractivity contribution in [3.05, 3.63) is 0 Å². The molecule has 3 heteroatoms. The summed E-state index contributed by atoms with van der Waals surface area (Å²) in [6.45, 7) is 4.71. The minimum absolute atomic E-state index is 0.322. The largest absolute Gasteiger partial charge is 0.369 e. The third-order valence-corrected chi connectivity index (χ3v) is 3.51. The van der Waals surface area contributed by atoms with Gasteiger partial charge in [0.1, 0.15) is 6.10 Å². The lowest BCUT2D eigenvalue weighted by molar-refractivity contribution is -0.129. The van der Waals surface area contributed by atoms with Crippen molar-refractivity contribution in [2.45, 2.75) is 90.6 Å². The van der Waals surface area contributed by atoms with Crippen LogP contribution in [0.2, 0.25) is 0 Å². The van der Waals surface area contributed by atoms with Crippen LogP contribution >= 0.6 is 0 Å². The van der Waals surface area contributed by atoms with E-state index in [1.165, 1.54) is 57.8 Å². The molecular formula is C16H33NO2. The second-order valence-electron chi connectivity index (χ2n) is 5.32. The molecule has 0 radical (unpaired) electrons. The average molecular weight is 271 g/mol. The maximum Gasteiger partial charge on any atom is 0.246 e. The Morgan fingerprint density at radius 1 is 0.895 bits per heavy atom. The Balaban J connectivity index is 3.27. The van der Waals surface area contributed by atoms with Crippen molar-refractivity contribution in [1.29, 1.82) is 0 Å². The molecular weight excluding hydrogens is 238 g/mol. The van der Waals surface area contributed by atoms with E-state index < -0.39 is 0 Å². The lowest BCUT2D eigenvalue weighted by Gasteiger charge is -2.12. The van der Waals surface area contributed by atoms with Crippen molar-refractivity contribution in [3.63, 3.8) is 0 Å². The molecule has 0 saturated heterocycles. The second kappa shape index (κ2) is 13.9. The van der Waals surface area contributed by atoms with E-state index in [0.29, 0.717) is 6.61 Å². The van der Waals surface area contributed by atoms with Crippen molar-refractivity contribution >= 4 is 5.91 Å². The van der Waals surface area contributed by atoms with Crippen LogP contribution in [0.1, 0.15) is 84.5 Å². The summed E-state index contributed by atoms with van der Waals surface area (Å²) in [6, 6.07) is 0. The Morgan fingerprint density at radius 3 is 1.79 bits per heavy atom. The average Bonchev–Trinajstić information content (AvgIpc) is 2.39. The maximum atomic E-state index is 11.1. The summed E-state index contributed by atoms with van der Waals surface area (Å²) in [5.41, 5.74) is 5.28. The van der Waals surface area contributed by atoms with E-state index in [2.05, 4.69) is 6.92 Å². The van der Waals surface area contributed by atoms with E-state index in [-0.39, 0.29) is 12.0 Å². The highest BCUT2D eigenvalue weighted by Gasteiger charge is 2.13. The highest BCUT2D eigenvalue weighted by molar-refractivity contribution is 5.78. The fraction of sp³-hybridized carbons (Fsp3) is 0.938. The lowest BCUT2D eigenvalue weighted by Crippen LogP contribution is -2.31. The van der Waals surface area contributed by atoms with Crippen molar-refractivity contribution in [3.8, 4) is 0 Å².